The van der Waals surface area contributed by atoms with Gasteiger partial charge >= 0.3 is 0 Å². The Hall–Kier alpha value is -3.64. The molecule has 35 heavy (non-hydrogen) atoms. The number of aromatic nitrogens is 2. The minimum absolute atomic E-state index is 0.0255. The molecule has 6 nitrogen and oxygen atoms in total. The van der Waals surface area contributed by atoms with Crippen molar-refractivity contribution in [2.24, 2.45) is 0 Å². The van der Waals surface area contributed by atoms with E-state index < -0.39 is 0 Å². The third-order valence-electron chi connectivity index (χ3n) is 6.72. The summed E-state index contributed by atoms with van der Waals surface area (Å²) in [4.78, 5) is 23.1. The van der Waals surface area contributed by atoms with Gasteiger partial charge in [0.1, 0.15) is 12.4 Å². The monoisotopic (exact) mass is 469 g/mol. The lowest BCUT2D eigenvalue weighted by Crippen LogP contribution is -2.37. The normalized spacial score (nSPS) is 15.4. The molecule has 0 aliphatic carbocycles. The van der Waals surface area contributed by atoms with E-state index in [1.807, 2.05) is 59.5 Å². The SMILES string of the molecule is Cc1[nH]c2ccc(C(=O)N(Cc3ccc(OCc4cccnc4)cc3)C[C@H]3CCCO3)cc2c1C. The summed E-state index contributed by atoms with van der Waals surface area (Å²) in [6.07, 6.45) is 5.67. The molecule has 1 N–H and O–H groups in total. The van der Waals surface area contributed by atoms with Crippen LogP contribution in [0.5, 0.6) is 5.75 Å². The second kappa shape index (κ2) is 10.3. The number of carbonyl (C=O) groups excluding carboxylic acids is 1. The number of aromatic amines is 1. The Kier molecular flexibility index (Phi) is 6.82. The van der Waals surface area contributed by atoms with Gasteiger partial charge in [0.15, 0.2) is 0 Å². The highest BCUT2D eigenvalue weighted by molar-refractivity contribution is 5.99. The first-order chi connectivity index (χ1) is 17.1. The van der Waals surface area contributed by atoms with Gasteiger partial charge in [-0.1, -0.05) is 18.2 Å². The quantitative estimate of drug-likeness (QED) is 0.366. The number of fused-ring (bicyclic) bond motifs is 1. The van der Waals surface area contributed by atoms with Gasteiger partial charge in [-0.05, 0) is 74.2 Å². The van der Waals surface area contributed by atoms with Crippen LogP contribution in [-0.4, -0.2) is 40.0 Å². The first-order valence-electron chi connectivity index (χ1n) is 12.2. The predicted molar refractivity (Wildman–Crippen MR) is 136 cm³/mol. The van der Waals surface area contributed by atoms with E-state index in [2.05, 4.69) is 23.8 Å². The van der Waals surface area contributed by atoms with Crippen LogP contribution in [0.25, 0.3) is 10.9 Å². The van der Waals surface area contributed by atoms with Crippen molar-refractivity contribution in [2.75, 3.05) is 13.2 Å². The molecule has 0 spiro atoms. The average molecular weight is 470 g/mol. The molecule has 3 heterocycles. The minimum Gasteiger partial charge on any atom is -0.489 e. The van der Waals surface area contributed by atoms with E-state index in [1.54, 1.807) is 12.4 Å². The number of hydrogen-bond acceptors (Lipinski definition) is 4. The van der Waals surface area contributed by atoms with Gasteiger partial charge in [0.25, 0.3) is 5.91 Å². The van der Waals surface area contributed by atoms with Gasteiger partial charge in [0, 0.05) is 59.8 Å². The van der Waals surface area contributed by atoms with Crippen molar-refractivity contribution in [3.8, 4) is 5.75 Å². The molecular formula is C29H31N3O3. The van der Waals surface area contributed by atoms with Gasteiger partial charge in [-0.15, -0.1) is 0 Å². The van der Waals surface area contributed by atoms with Crippen molar-refractivity contribution in [1.82, 2.24) is 14.9 Å². The first-order valence-corrected chi connectivity index (χ1v) is 12.2. The van der Waals surface area contributed by atoms with Crippen LogP contribution in [0.4, 0.5) is 0 Å². The highest BCUT2D eigenvalue weighted by atomic mass is 16.5. The lowest BCUT2D eigenvalue weighted by atomic mass is 10.1. The zero-order chi connectivity index (χ0) is 24.2. The molecule has 0 radical (unpaired) electrons. The fraction of sp³-hybridized carbons (Fsp3) is 0.310. The topological polar surface area (TPSA) is 67.5 Å². The molecule has 1 aliphatic rings. The Morgan fingerprint density at radius 1 is 1.14 bits per heavy atom. The van der Waals surface area contributed by atoms with E-state index in [0.29, 0.717) is 25.3 Å². The number of ether oxygens (including phenoxy) is 2. The van der Waals surface area contributed by atoms with Crippen LogP contribution in [0.3, 0.4) is 0 Å². The van der Waals surface area contributed by atoms with Gasteiger partial charge in [-0.25, -0.2) is 0 Å². The van der Waals surface area contributed by atoms with Gasteiger partial charge in [0.05, 0.1) is 6.10 Å². The van der Waals surface area contributed by atoms with Crippen molar-refractivity contribution in [2.45, 2.75) is 45.9 Å². The van der Waals surface area contributed by atoms with Crippen LogP contribution < -0.4 is 4.74 Å². The molecule has 0 saturated carbocycles. The van der Waals surface area contributed by atoms with Crippen LogP contribution in [0.15, 0.2) is 67.0 Å². The second-order valence-corrected chi connectivity index (χ2v) is 9.25. The molecule has 2 aromatic heterocycles. The lowest BCUT2D eigenvalue weighted by Gasteiger charge is -2.26. The van der Waals surface area contributed by atoms with Crippen molar-refractivity contribution >= 4 is 16.8 Å². The number of hydrogen-bond donors (Lipinski definition) is 1. The predicted octanol–water partition coefficient (Wildman–Crippen LogP) is 5.58. The fourth-order valence-electron chi connectivity index (χ4n) is 4.59. The Morgan fingerprint density at radius 3 is 2.74 bits per heavy atom. The molecular weight excluding hydrogens is 438 g/mol. The van der Waals surface area contributed by atoms with Crippen LogP contribution in [-0.2, 0) is 17.9 Å². The van der Waals surface area contributed by atoms with Crippen molar-refractivity contribution in [1.29, 1.82) is 0 Å². The summed E-state index contributed by atoms with van der Waals surface area (Å²) in [5, 5.41) is 1.10. The third kappa shape index (κ3) is 5.38. The maximum absolute atomic E-state index is 13.7. The van der Waals surface area contributed by atoms with Crippen molar-refractivity contribution in [3.05, 3.63) is 94.9 Å². The number of amides is 1. The largest absolute Gasteiger partial charge is 0.489 e. The third-order valence-corrected chi connectivity index (χ3v) is 6.72. The summed E-state index contributed by atoms with van der Waals surface area (Å²) in [6, 6.07) is 17.8. The number of nitrogens with one attached hydrogen (secondary N) is 1. The molecule has 6 heteroatoms. The number of aryl methyl sites for hydroxylation is 2. The van der Waals surface area contributed by atoms with Gasteiger partial charge in [0.2, 0.25) is 0 Å². The smallest absolute Gasteiger partial charge is 0.254 e. The van der Waals surface area contributed by atoms with E-state index in [9.17, 15) is 4.79 Å². The Balaban J connectivity index is 1.32. The maximum atomic E-state index is 13.7. The van der Waals surface area contributed by atoms with Crippen molar-refractivity contribution in [3.63, 3.8) is 0 Å². The van der Waals surface area contributed by atoms with Gasteiger partial charge < -0.3 is 19.4 Å². The summed E-state index contributed by atoms with van der Waals surface area (Å²) in [6.45, 7) is 6.49. The molecule has 4 aromatic rings. The molecule has 1 saturated heterocycles. The van der Waals surface area contributed by atoms with Crippen molar-refractivity contribution < 1.29 is 14.3 Å². The molecule has 2 aromatic carbocycles. The van der Waals surface area contributed by atoms with Gasteiger partial charge in [-0.2, -0.15) is 0 Å². The zero-order valence-corrected chi connectivity index (χ0v) is 20.3. The molecule has 1 aliphatic heterocycles. The molecule has 1 atom stereocenters. The minimum atomic E-state index is 0.0255. The summed E-state index contributed by atoms with van der Waals surface area (Å²) in [5.41, 5.74) is 6.15. The summed E-state index contributed by atoms with van der Waals surface area (Å²) < 4.78 is 11.8. The molecule has 5 rings (SSSR count). The number of benzene rings is 2. The van der Waals surface area contributed by atoms with E-state index in [4.69, 9.17) is 9.47 Å². The summed E-state index contributed by atoms with van der Waals surface area (Å²) in [7, 11) is 0. The number of H-pyrrole nitrogens is 1. The molecule has 1 fully saturated rings. The number of rotatable bonds is 8. The van der Waals surface area contributed by atoms with Crippen LogP contribution in [0.2, 0.25) is 0 Å². The average Bonchev–Trinajstić information content (AvgIpc) is 3.50. The molecule has 1 amide bonds. The maximum Gasteiger partial charge on any atom is 0.254 e. The first kappa shape index (κ1) is 23.1. The van der Waals surface area contributed by atoms with Crippen LogP contribution >= 0.6 is 0 Å². The second-order valence-electron chi connectivity index (χ2n) is 9.25. The lowest BCUT2D eigenvalue weighted by molar-refractivity contribution is 0.0507. The van der Waals surface area contributed by atoms with E-state index in [-0.39, 0.29) is 12.0 Å². The standard InChI is InChI=1S/C29H31N3O3/c1-20-21(2)31-28-12-9-24(15-27(20)28)29(33)32(18-26-6-4-14-34-26)17-22-7-10-25(11-8-22)35-19-23-5-3-13-30-16-23/h3,5,7-13,15-16,26,31H,4,6,14,17-19H2,1-2H3/t26-/m1/s1. The van der Waals surface area contributed by atoms with Gasteiger partial charge in [-0.3, -0.25) is 9.78 Å². The molecule has 180 valence electrons. The van der Waals surface area contributed by atoms with E-state index in [1.165, 1.54) is 5.56 Å². The number of pyridine rings is 1. The summed E-state index contributed by atoms with van der Waals surface area (Å²) in [5.74, 6) is 0.816. The Bertz CT molecular complexity index is 1290. The summed E-state index contributed by atoms with van der Waals surface area (Å²) >= 11 is 0. The van der Waals surface area contributed by atoms with E-state index >= 15 is 0 Å². The fourth-order valence-corrected chi connectivity index (χ4v) is 4.59. The Morgan fingerprint density at radius 2 is 2.00 bits per heavy atom. The highest BCUT2D eigenvalue weighted by Crippen LogP contribution is 2.25. The van der Waals surface area contributed by atoms with Crippen LogP contribution in [0.1, 0.15) is 45.6 Å². The number of carbonyl (C=O) groups is 1. The van der Waals surface area contributed by atoms with E-state index in [0.717, 1.165) is 52.9 Å². The number of nitrogens with zero attached hydrogens (tertiary/aromatic N) is 2. The molecule has 0 unspecified atom stereocenters. The zero-order valence-electron chi connectivity index (χ0n) is 20.3. The highest BCUT2D eigenvalue weighted by Gasteiger charge is 2.24. The van der Waals surface area contributed by atoms with Crippen LogP contribution in [0, 0.1) is 13.8 Å². The molecule has 0 bridgehead atoms. The Labute approximate surface area is 205 Å².